The Morgan fingerprint density at radius 2 is 1.65 bits per heavy atom. The zero-order valence-electron chi connectivity index (χ0n) is 16.8. The van der Waals surface area contributed by atoms with Crippen LogP contribution in [0.5, 0.6) is 0 Å². The van der Waals surface area contributed by atoms with Gasteiger partial charge in [-0.15, -0.1) is 0 Å². The molecule has 0 aliphatic carbocycles. The molecule has 10 nitrogen and oxygen atoms in total. The van der Waals surface area contributed by atoms with Crippen LogP contribution in [0.15, 0.2) is 46.5 Å². The van der Waals surface area contributed by atoms with Gasteiger partial charge in [0.1, 0.15) is 0 Å². The van der Waals surface area contributed by atoms with Crippen LogP contribution in [0.1, 0.15) is 23.6 Å². The van der Waals surface area contributed by atoms with Gasteiger partial charge in [0.05, 0.1) is 15.6 Å². The first-order chi connectivity index (χ1) is 14.7. The van der Waals surface area contributed by atoms with Crippen LogP contribution in [0, 0.1) is 25.6 Å². The van der Waals surface area contributed by atoms with Crippen molar-refractivity contribution in [1.82, 2.24) is 10.7 Å². The van der Waals surface area contributed by atoms with Gasteiger partial charge in [-0.05, 0) is 36.4 Å². The zero-order valence-corrected chi connectivity index (χ0v) is 18.4. The average Bonchev–Trinajstić information content (AvgIpc) is 3.38. The van der Waals surface area contributed by atoms with E-state index < -0.39 is 9.85 Å². The molecule has 0 atom stereocenters. The van der Waals surface area contributed by atoms with E-state index in [4.69, 9.17) is 0 Å². The van der Waals surface area contributed by atoms with Crippen molar-refractivity contribution in [1.29, 1.82) is 0 Å². The number of nitro groups is 2. The lowest BCUT2D eigenvalue weighted by atomic mass is 9.93. The minimum atomic E-state index is -0.434. The molecule has 3 rings (SSSR count). The molecule has 3 heterocycles. The van der Waals surface area contributed by atoms with Crippen molar-refractivity contribution in [3.63, 3.8) is 0 Å². The maximum absolute atomic E-state index is 10.9. The van der Waals surface area contributed by atoms with Gasteiger partial charge in [-0.3, -0.25) is 25.2 Å². The maximum Gasteiger partial charge on any atom is 0.324 e. The van der Waals surface area contributed by atoms with Crippen molar-refractivity contribution in [2.45, 2.75) is 13.8 Å². The van der Waals surface area contributed by atoms with Gasteiger partial charge in [0.2, 0.25) is 5.96 Å². The molecule has 1 aliphatic rings. The number of hydrazone groups is 1. The molecule has 2 N–H and O–H groups in total. The van der Waals surface area contributed by atoms with Gasteiger partial charge in [-0.1, -0.05) is 36.5 Å². The summed E-state index contributed by atoms with van der Waals surface area (Å²) in [7, 11) is 0. The summed E-state index contributed by atoms with van der Waals surface area (Å²) in [5, 5.41) is 29.4. The third-order valence-electron chi connectivity index (χ3n) is 4.11. The largest absolute Gasteiger partial charge is 0.354 e. The molecule has 0 aromatic carbocycles. The second-order valence-electron chi connectivity index (χ2n) is 7.36. The van der Waals surface area contributed by atoms with Crippen molar-refractivity contribution in [2.75, 3.05) is 13.1 Å². The highest BCUT2D eigenvalue weighted by Gasteiger charge is 2.22. The van der Waals surface area contributed by atoms with Crippen LogP contribution in [0.4, 0.5) is 10.0 Å². The topological polar surface area (TPSA) is 135 Å². The monoisotopic (exact) mass is 460 g/mol. The van der Waals surface area contributed by atoms with Crippen LogP contribution >= 0.6 is 22.7 Å². The highest BCUT2D eigenvalue weighted by molar-refractivity contribution is 7.16. The molecule has 12 heteroatoms. The number of hydrogen-bond donors (Lipinski definition) is 2. The summed E-state index contributed by atoms with van der Waals surface area (Å²) < 4.78 is 0. The highest BCUT2D eigenvalue weighted by Crippen LogP contribution is 2.26. The second kappa shape index (κ2) is 9.62. The first-order valence-corrected chi connectivity index (χ1v) is 10.8. The summed E-state index contributed by atoms with van der Waals surface area (Å²) in [6, 6.07) is 6.21. The van der Waals surface area contributed by atoms with E-state index >= 15 is 0 Å². The van der Waals surface area contributed by atoms with Crippen molar-refractivity contribution in [2.24, 2.45) is 15.5 Å². The molecule has 2 aromatic heterocycles. The predicted molar refractivity (Wildman–Crippen MR) is 125 cm³/mol. The van der Waals surface area contributed by atoms with E-state index in [0.717, 1.165) is 29.2 Å². The Bertz CT molecular complexity index is 1030. The smallest absolute Gasteiger partial charge is 0.324 e. The lowest BCUT2D eigenvalue weighted by Crippen LogP contribution is -2.46. The molecule has 1 aliphatic heterocycles. The van der Waals surface area contributed by atoms with Gasteiger partial charge in [-0.2, -0.15) is 5.10 Å². The Balaban J connectivity index is 1.78. The van der Waals surface area contributed by atoms with Crippen molar-refractivity contribution in [3.8, 4) is 0 Å². The molecule has 0 amide bonds. The number of guanidine groups is 1. The molecule has 162 valence electrons. The number of hydrogen-bond acceptors (Lipinski definition) is 10. The molecule has 0 saturated carbocycles. The van der Waals surface area contributed by atoms with Crippen LogP contribution in [-0.2, 0) is 0 Å². The molecule has 0 saturated heterocycles. The minimum Gasteiger partial charge on any atom is -0.354 e. The Hall–Kier alpha value is -3.38. The lowest BCUT2D eigenvalue weighted by molar-refractivity contribution is -0.380. The number of thiophene rings is 2. The molecule has 0 spiro atoms. The number of allylic oxidation sites excluding steroid dienone is 2. The normalized spacial score (nSPS) is 15.5. The highest BCUT2D eigenvalue weighted by atomic mass is 32.1. The van der Waals surface area contributed by atoms with Gasteiger partial charge >= 0.3 is 10.0 Å². The number of rotatable bonds is 7. The maximum atomic E-state index is 10.9. The standard InChI is InChI=1S/C19H20N6O4S2/c1-19(2)11-20-18(21-12-19)23-22-13(3-5-14-7-9-16(30-14)24(26)27)4-6-15-8-10-17(31-15)25(28)29/h3-10H,11-12H2,1-2H3,(H2,20,21,23)/b5-3+,6-4+. The minimum absolute atomic E-state index is 0.0566. The number of nitrogens with zero attached hydrogens (tertiary/aromatic N) is 4. The Morgan fingerprint density at radius 3 is 2.06 bits per heavy atom. The lowest BCUT2D eigenvalue weighted by Gasteiger charge is -2.28. The number of aliphatic imine (C=N–C) groups is 1. The molecule has 31 heavy (non-hydrogen) atoms. The van der Waals surface area contributed by atoms with Crippen molar-refractivity contribution in [3.05, 3.63) is 66.4 Å². The van der Waals surface area contributed by atoms with Crippen LogP contribution in [0.3, 0.4) is 0 Å². The van der Waals surface area contributed by atoms with E-state index in [2.05, 4.69) is 34.7 Å². The third-order valence-corrected chi connectivity index (χ3v) is 6.12. The average molecular weight is 461 g/mol. The van der Waals surface area contributed by atoms with Crippen LogP contribution in [0.25, 0.3) is 12.2 Å². The number of nitrogens with one attached hydrogen (secondary N) is 2. The van der Waals surface area contributed by atoms with Crippen molar-refractivity contribution < 1.29 is 9.85 Å². The van der Waals surface area contributed by atoms with Gasteiger partial charge in [0.15, 0.2) is 0 Å². The molecular formula is C19H20N6O4S2. The molecule has 0 unspecified atom stereocenters. The molecule has 0 bridgehead atoms. The molecular weight excluding hydrogens is 440 g/mol. The Kier molecular flexibility index (Phi) is 6.92. The Morgan fingerprint density at radius 1 is 1.10 bits per heavy atom. The summed E-state index contributed by atoms with van der Waals surface area (Å²) in [6.07, 6.45) is 6.85. The fourth-order valence-corrected chi connectivity index (χ4v) is 3.89. The van der Waals surface area contributed by atoms with Gasteiger partial charge < -0.3 is 5.32 Å². The Labute approximate surface area is 186 Å². The van der Waals surface area contributed by atoms with E-state index in [1.165, 1.54) is 12.1 Å². The predicted octanol–water partition coefficient (Wildman–Crippen LogP) is 4.28. The first-order valence-electron chi connectivity index (χ1n) is 9.18. The first kappa shape index (κ1) is 22.3. The quantitative estimate of drug-likeness (QED) is 0.360. The van der Waals surface area contributed by atoms with E-state index in [-0.39, 0.29) is 15.4 Å². The van der Waals surface area contributed by atoms with Crippen molar-refractivity contribution >= 4 is 56.5 Å². The second-order valence-corrected chi connectivity index (χ2v) is 9.55. The van der Waals surface area contributed by atoms with Gasteiger partial charge in [-0.25, -0.2) is 5.43 Å². The summed E-state index contributed by atoms with van der Waals surface area (Å²) in [5.41, 5.74) is 3.48. The van der Waals surface area contributed by atoms with Crippen LogP contribution in [-0.4, -0.2) is 34.6 Å². The summed E-state index contributed by atoms with van der Waals surface area (Å²) in [5.74, 6) is 0.553. The van der Waals surface area contributed by atoms with Crippen LogP contribution in [0.2, 0.25) is 0 Å². The van der Waals surface area contributed by atoms with E-state index in [0.29, 0.717) is 28.0 Å². The molecule has 0 fully saturated rings. The van der Waals surface area contributed by atoms with E-state index in [1.807, 2.05) is 0 Å². The summed E-state index contributed by atoms with van der Waals surface area (Å²) in [4.78, 5) is 26.7. The van der Waals surface area contributed by atoms with Gasteiger partial charge in [0, 0.05) is 40.4 Å². The van der Waals surface area contributed by atoms with Crippen LogP contribution < -0.4 is 10.7 Å². The molecule has 0 radical (unpaired) electrons. The fourth-order valence-electron chi connectivity index (χ4n) is 2.45. The summed E-state index contributed by atoms with van der Waals surface area (Å²) >= 11 is 2.11. The summed E-state index contributed by atoms with van der Waals surface area (Å²) in [6.45, 7) is 5.64. The zero-order chi connectivity index (χ0) is 22.4. The fraction of sp³-hybridized carbons (Fsp3) is 0.263. The van der Waals surface area contributed by atoms with E-state index in [1.54, 1.807) is 36.4 Å². The van der Waals surface area contributed by atoms with Gasteiger partial charge in [0.25, 0.3) is 0 Å². The SMILES string of the molecule is CC1(C)CN=C(NN=C(/C=C/c2ccc([N+](=O)[O-])s2)/C=C/c2ccc([N+](=O)[O-])s2)NC1. The third kappa shape index (κ3) is 6.55. The van der Waals surface area contributed by atoms with E-state index in [9.17, 15) is 20.2 Å². The molecule has 2 aromatic rings.